The summed E-state index contributed by atoms with van der Waals surface area (Å²) in [6.45, 7) is 3.39. The van der Waals surface area contributed by atoms with Crippen molar-refractivity contribution in [1.82, 2.24) is 4.90 Å². The van der Waals surface area contributed by atoms with E-state index in [1.807, 2.05) is 35.2 Å². The Labute approximate surface area is 181 Å². The molecule has 1 aliphatic rings. The fourth-order valence-corrected chi connectivity index (χ4v) is 3.72. The van der Waals surface area contributed by atoms with Crippen LogP contribution in [0.2, 0.25) is 0 Å². The Morgan fingerprint density at radius 2 is 1.81 bits per heavy atom. The van der Waals surface area contributed by atoms with Crippen molar-refractivity contribution in [2.24, 2.45) is 0 Å². The van der Waals surface area contributed by atoms with Gasteiger partial charge < -0.3 is 14.5 Å². The number of esters is 1. The minimum absolute atomic E-state index is 0.0535. The summed E-state index contributed by atoms with van der Waals surface area (Å²) in [5, 5.41) is 11.6. The second kappa shape index (κ2) is 10.1. The smallest absolute Gasteiger partial charge is 0.339 e. The second-order valence-electron chi connectivity index (χ2n) is 7.74. The number of nitro benzene ring substituents is 1. The van der Waals surface area contributed by atoms with Gasteiger partial charge in [-0.15, -0.1) is 0 Å². The number of hydrogen-bond acceptors (Lipinski definition) is 6. The van der Waals surface area contributed by atoms with E-state index in [2.05, 4.69) is 0 Å². The van der Waals surface area contributed by atoms with E-state index in [1.54, 1.807) is 13.1 Å². The van der Waals surface area contributed by atoms with E-state index in [1.165, 1.54) is 24.0 Å². The molecule has 8 heteroatoms. The zero-order chi connectivity index (χ0) is 22.4. The molecule has 1 amide bonds. The molecule has 8 nitrogen and oxygen atoms in total. The monoisotopic (exact) mass is 425 g/mol. The highest BCUT2D eigenvalue weighted by Gasteiger charge is 2.26. The van der Waals surface area contributed by atoms with E-state index in [9.17, 15) is 19.7 Å². The Hall–Kier alpha value is -3.42. The van der Waals surface area contributed by atoms with E-state index >= 15 is 0 Å². The SMILES string of the molecule is CC(OC(=O)c1ccc(N2CCCCC2)c([N+](=O)[O-])c1)C(=O)N(C)Cc1ccccc1. The van der Waals surface area contributed by atoms with Gasteiger partial charge in [-0.2, -0.15) is 0 Å². The number of nitro groups is 1. The Morgan fingerprint density at radius 3 is 2.45 bits per heavy atom. The Morgan fingerprint density at radius 1 is 1.13 bits per heavy atom. The number of hydrogen-bond donors (Lipinski definition) is 0. The van der Waals surface area contributed by atoms with Crippen LogP contribution in [0.25, 0.3) is 0 Å². The van der Waals surface area contributed by atoms with E-state index < -0.39 is 17.0 Å². The van der Waals surface area contributed by atoms with E-state index in [4.69, 9.17) is 4.74 Å². The lowest BCUT2D eigenvalue weighted by molar-refractivity contribution is -0.384. The summed E-state index contributed by atoms with van der Waals surface area (Å²) in [6, 6.07) is 13.8. The highest BCUT2D eigenvalue weighted by Crippen LogP contribution is 2.31. The number of amides is 1. The normalized spacial score (nSPS) is 14.6. The van der Waals surface area contributed by atoms with Gasteiger partial charge in [-0.3, -0.25) is 14.9 Å². The molecular formula is C23H27N3O5. The van der Waals surface area contributed by atoms with Crippen LogP contribution in [0.15, 0.2) is 48.5 Å². The molecule has 0 saturated carbocycles. The van der Waals surface area contributed by atoms with Crippen molar-refractivity contribution in [2.75, 3.05) is 25.0 Å². The number of ether oxygens (including phenoxy) is 1. The molecule has 1 fully saturated rings. The van der Waals surface area contributed by atoms with E-state index in [-0.39, 0.29) is 17.2 Å². The van der Waals surface area contributed by atoms with Crippen LogP contribution in [-0.4, -0.2) is 47.9 Å². The first-order chi connectivity index (χ1) is 14.9. The van der Waals surface area contributed by atoms with Gasteiger partial charge in [-0.25, -0.2) is 4.79 Å². The Balaban J connectivity index is 1.68. The van der Waals surface area contributed by atoms with E-state index in [0.29, 0.717) is 12.2 Å². The molecule has 0 bridgehead atoms. The van der Waals surface area contributed by atoms with Gasteiger partial charge in [0.15, 0.2) is 6.10 Å². The Bertz CT molecular complexity index is 941. The van der Waals surface area contributed by atoms with Crippen molar-refractivity contribution >= 4 is 23.3 Å². The number of likely N-dealkylation sites (N-methyl/N-ethyl adjacent to an activating group) is 1. The molecule has 1 unspecified atom stereocenters. The van der Waals surface area contributed by atoms with Crippen molar-refractivity contribution in [2.45, 2.75) is 38.8 Å². The molecule has 1 saturated heterocycles. The summed E-state index contributed by atoms with van der Waals surface area (Å²) in [5.74, 6) is -1.11. The van der Waals surface area contributed by atoms with Crippen LogP contribution in [0, 0.1) is 10.1 Å². The van der Waals surface area contributed by atoms with Gasteiger partial charge in [-0.05, 0) is 43.9 Å². The average molecular weight is 425 g/mol. The van der Waals surface area contributed by atoms with Crippen LogP contribution in [0.1, 0.15) is 42.1 Å². The van der Waals surface area contributed by atoms with Gasteiger partial charge in [0.25, 0.3) is 11.6 Å². The molecule has 0 aliphatic carbocycles. The minimum Gasteiger partial charge on any atom is -0.449 e. The van der Waals surface area contributed by atoms with Gasteiger partial charge in [-0.1, -0.05) is 30.3 Å². The Kier molecular flexibility index (Phi) is 7.23. The van der Waals surface area contributed by atoms with Crippen LogP contribution in [0.5, 0.6) is 0 Å². The maximum absolute atomic E-state index is 12.6. The number of rotatable bonds is 7. The van der Waals surface area contributed by atoms with Crippen LogP contribution >= 0.6 is 0 Å². The molecule has 1 heterocycles. The molecule has 0 radical (unpaired) electrons. The van der Waals surface area contributed by atoms with E-state index in [0.717, 1.165) is 37.9 Å². The molecule has 1 atom stereocenters. The van der Waals surface area contributed by atoms with Crippen LogP contribution in [0.4, 0.5) is 11.4 Å². The summed E-state index contributed by atoms with van der Waals surface area (Å²) in [4.78, 5) is 39.7. The lowest BCUT2D eigenvalue weighted by Gasteiger charge is -2.28. The number of nitrogens with zero attached hydrogens (tertiary/aromatic N) is 3. The zero-order valence-electron chi connectivity index (χ0n) is 17.8. The average Bonchev–Trinajstić information content (AvgIpc) is 2.79. The van der Waals surface area contributed by atoms with Crippen LogP contribution < -0.4 is 4.90 Å². The van der Waals surface area contributed by atoms with Gasteiger partial charge in [0, 0.05) is 32.7 Å². The molecule has 1 aliphatic heterocycles. The lowest BCUT2D eigenvalue weighted by Crippen LogP contribution is -2.37. The van der Waals surface area contributed by atoms with Crippen LogP contribution in [0.3, 0.4) is 0 Å². The number of carbonyl (C=O) groups excluding carboxylic acids is 2. The molecule has 164 valence electrons. The molecule has 0 spiro atoms. The summed E-state index contributed by atoms with van der Waals surface area (Å²) in [5.41, 5.74) is 1.39. The minimum atomic E-state index is -1.01. The molecule has 0 N–H and O–H groups in total. The lowest BCUT2D eigenvalue weighted by atomic mass is 10.1. The van der Waals surface area contributed by atoms with Gasteiger partial charge >= 0.3 is 5.97 Å². The fraction of sp³-hybridized carbons (Fsp3) is 0.391. The predicted octanol–water partition coefficient (Wildman–Crippen LogP) is 3.79. The summed E-state index contributed by atoms with van der Waals surface area (Å²) in [7, 11) is 1.64. The third-order valence-electron chi connectivity index (χ3n) is 5.37. The first kappa shape index (κ1) is 22.3. The fourth-order valence-electron chi connectivity index (χ4n) is 3.72. The molecule has 0 aromatic heterocycles. The largest absolute Gasteiger partial charge is 0.449 e. The number of carbonyl (C=O) groups is 2. The van der Waals surface area contributed by atoms with Crippen molar-refractivity contribution in [3.05, 3.63) is 69.8 Å². The molecule has 2 aromatic rings. The highest BCUT2D eigenvalue weighted by molar-refractivity contribution is 5.93. The third-order valence-corrected chi connectivity index (χ3v) is 5.37. The summed E-state index contributed by atoms with van der Waals surface area (Å²) in [6.07, 6.45) is 2.06. The molecular weight excluding hydrogens is 398 g/mol. The summed E-state index contributed by atoms with van der Waals surface area (Å²) < 4.78 is 5.31. The highest BCUT2D eigenvalue weighted by atomic mass is 16.6. The second-order valence-corrected chi connectivity index (χ2v) is 7.74. The van der Waals surface area contributed by atoms with Crippen molar-refractivity contribution in [3.8, 4) is 0 Å². The van der Waals surface area contributed by atoms with Crippen molar-refractivity contribution in [3.63, 3.8) is 0 Å². The topological polar surface area (TPSA) is 93.0 Å². The van der Waals surface area contributed by atoms with Crippen molar-refractivity contribution < 1.29 is 19.2 Å². The third kappa shape index (κ3) is 5.59. The van der Waals surface area contributed by atoms with Gasteiger partial charge in [0.1, 0.15) is 5.69 Å². The quantitative estimate of drug-likeness (QED) is 0.381. The molecule has 3 rings (SSSR count). The van der Waals surface area contributed by atoms with Crippen LogP contribution in [-0.2, 0) is 16.1 Å². The standard InChI is InChI=1S/C23H27N3O5/c1-17(22(27)24(2)16-18-9-5-3-6-10-18)31-23(28)19-11-12-20(21(15-19)26(29)30)25-13-7-4-8-14-25/h3,5-6,9-12,15,17H,4,7-8,13-14,16H2,1-2H3. The molecule has 2 aromatic carbocycles. The van der Waals surface area contributed by atoms with Crippen molar-refractivity contribution in [1.29, 1.82) is 0 Å². The maximum atomic E-state index is 12.6. The maximum Gasteiger partial charge on any atom is 0.339 e. The zero-order valence-corrected chi connectivity index (χ0v) is 17.8. The van der Waals surface area contributed by atoms with Gasteiger partial charge in [0.05, 0.1) is 10.5 Å². The predicted molar refractivity (Wildman–Crippen MR) is 117 cm³/mol. The number of benzene rings is 2. The summed E-state index contributed by atoms with van der Waals surface area (Å²) >= 11 is 0. The molecule has 31 heavy (non-hydrogen) atoms. The number of anilines is 1. The number of piperidine rings is 1. The van der Waals surface area contributed by atoms with Gasteiger partial charge in [0.2, 0.25) is 0 Å². The first-order valence-corrected chi connectivity index (χ1v) is 10.4. The first-order valence-electron chi connectivity index (χ1n) is 10.4.